The number of nitrogens with zero attached hydrogens (tertiary/aromatic N) is 1. The number of hydrogen-bond donors (Lipinski definition) is 2. The molecule has 0 bridgehead atoms. The maximum Gasteiger partial charge on any atom is 0.274 e. The van der Waals surface area contributed by atoms with Gasteiger partial charge in [0.1, 0.15) is 0 Å². The van der Waals surface area contributed by atoms with Crippen molar-refractivity contribution >= 4 is 11.8 Å². The number of amides is 2. The third kappa shape index (κ3) is 3.67. The van der Waals surface area contributed by atoms with Crippen molar-refractivity contribution in [2.24, 2.45) is 5.92 Å². The molecule has 1 saturated carbocycles. The quantitative estimate of drug-likeness (QED) is 0.630. The van der Waals surface area contributed by atoms with Gasteiger partial charge in [-0.2, -0.15) is 0 Å². The van der Waals surface area contributed by atoms with Crippen LogP contribution in [0, 0.1) is 5.92 Å². The van der Waals surface area contributed by atoms with Crippen LogP contribution in [0.3, 0.4) is 0 Å². The predicted molar refractivity (Wildman–Crippen MR) is 106 cm³/mol. The number of nitrogens with one attached hydrogen (secondary N) is 1. The molecule has 2 aliphatic rings. The molecule has 1 fully saturated rings. The number of carbonyl (C=O) groups is 2. The van der Waals surface area contributed by atoms with E-state index in [9.17, 15) is 9.59 Å². The van der Waals surface area contributed by atoms with Crippen LogP contribution in [0.2, 0.25) is 0 Å². The third-order valence-electron chi connectivity index (χ3n) is 6.19. The van der Waals surface area contributed by atoms with Crippen molar-refractivity contribution in [1.82, 2.24) is 10.4 Å². The number of fused-ring (bicyclic) bond motifs is 1. The van der Waals surface area contributed by atoms with Crippen LogP contribution in [0.1, 0.15) is 58.6 Å². The first-order valence-electron chi connectivity index (χ1n) is 10.1. The molecule has 146 valence electrons. The maximum absolute atomic E-state index is 13.5. The molecule has 0 saturated heterocycles. The molecule has 2 aromatic rings. The molecular formula is C23H26N2O3. The zero-order valence-electron chi connectivity index (χ0n) is 15.9. The van der Waals surface area contributed by atoms with Crippen molar-refractivity contribution in [3.8, 4) is 0 Å². The highest BCUT2D eigenvalue weighted by atomic mass is 16.5. The lowest BCUT2D eigenvalue weighted by Crippen LogP contribution is -2.40. The minimum absolute atomic E-state index is 0.0651. The van der Waals surface area contributed by atoms with E-state index < -0.39 is 5.91 Å². The Morgan fingerprint density at radius 1 is 1.04 bits per heavy atom. The van der Waals surface area contributed by atoms with Gasteiger partial charge in [-0.05, 0) is 54.0 Å². The van der Waals surface area contributed by atoms with Crippen LogP contribution >= 0.6 is 0 Å². The molecule has 1 unspecified atom stereocenters. The molecule has 1 heterocycles. The fourth-order valence-electron chi connectivity index (χ4n) is 4.71. The van der Waals surface area contributed by atoms with E-state index >= 15 is 0 Å². The maximum atomic E-state index is 13.5. The number of benzene rings is 2. The Bertz CT molecular complexity index is 859. The second kappa shape index (κ2) is 8.15. The minimum Gasteiger partial charge on any atom is -0.337 e. The summed E-state index contributed by atoms with van der Waals surface area (Å²) in [6, 6.07) is 15.6. The first-order valence-corrected chi connectivity index (χ1v) is 10.1. The largest absolute Gasteiger partial charge is 0.337 e. The number of carbonyl (C=O) groups excluding carboxylic acids is 2. The number of hydroxylamine groups is 1. The second-order valence-corrected chi connectivity index (χ2v) is 7.87. The van der Waals surface area contributed by atoms with Gasteiger partial charge in [0.2, 0.25) is 5.91 Å². The van der Waals surface area contributed by atoms with Crippen LogP contribution < -0.4 is 5.48 Å². The summed E-state index contributed by atoms with van der Waals surface area (Å²) in [7, 11) is 0. The molecule has 4 rings (SSSR count). The first kappa shape index (κ1) is 18.7. The summed E-state index contributed by atoms with van der Waals surface area (Å²) in [6.45, 7) is 1.23. The van der Waals surface area contributed by atoms with E-state index in [0.717, 1.165) is 36.0 Å². The highest BCUT2D eigenvalue weighted by Gasteiger charge is 2.35. The monoisotopic (exact) mass is 378 g/mol. The zero-order chi connectivity index (χ0) is 19.5. The highest BCUT2D eigenvalue weighted by molar-refractivity contribution is 5.93. The molecule has 0 aromatic heterocycles. The molecule has 5 nitrogen and oxygen atoms in total. The van der Waals surface area contributed by atoms with E-state index in [0.29, 0.717) is 24.6 Å². The summed E-state index contributed by atoms with van der Waals surface area (Å²) in [5.74, 6) is 0.0734. The fraction of sp³-hybridized carbons (Fsp3) is 0.391. The van der Waals surface area contributed by atoms with Crippen molar-refractivity contribution in [3.63, 3.8) is 0 Å². The van der Waals surface area contributed by atoms with E-state index in [1.54, 1.807) is 11.5 Å². The van der Waals surface area contributed by atoms with E-state index in [1.807, 2.05) is 35.2 Å². The summed E-state index contributed by atoms with van der Waals surface area (Å²) >= 11 is 0. The second-order valence-electron chi connectivity index (χ2n) is 7.87. The summed E-state index contributed by atoms with van der Waals surface area (Å²) in [4.78, 5) is 27.2. The lowest BCUT2D eigenvalue weighted by Gasteiger charge is -2.34. The minimum atomic E-state index is -0.508. The highest BCUT2D eigenvalue weighted by Crippen LogP contribution is 2.39. The van der Waals surface area contributed by atoms with Crippen LogP contribution in [0.25, 0.3) is 0 Å². The Kier molecular flexibility index (Phi) is 5.44. The topological polar surface area (TPSA) is 69.6 Å². The van der Waals surface area contributed by atoms with Crippen molar-refractivity contribution in [3.05, 3.63) is 70.8 Å². The van der Waals surface area contributed by atoms with Gasteiger partial charge in [0, 0.05) is 18.7 Å². The average molecular weight is 378 g/mol. The van der Waals surface area contributed by atoms with Crippen molar-refractivity contribution in [2.75, 3.05) is 6.54 Å². The van der Waals surface area contributed by atoms with E-state index in [-0.39, 0.29) is 11.8 Å². The van der Waals surface area contributed by atoms with E-state index in [1.165, 1.54) is 12.8 Å². The van der Waals surface area contributed by atoms with Gasteiger partial charge in [-0.3, -0.25) is 14.8 Å². The van der Waals surface area contributed by atoms with Gasteiger partial charge in [-0.25, -0.2) is 5.48 Å². The predicted octanol–water partition coefficient (Wildman–Crippen LogP) is 3.66. The van der Waals surface area contributed by atoms with Crippen molar-refractivity contribution in [1.29, 1.82) is 0 Å². The first-order chi connectivity index (χ1) is 13.7. The Balaban J connectivity index is 1.56. The lowest BCUT2D eigenvalue weighted by atomic mass is 9.83. The lowest BCUT2D eigenvalue weighted by molar-refractivity contribution is -0.135. The van der Waals surface area contributed by atoms with Gasteiger partial charge in [0.25, 0.3) is 5.91 Å². The van der Waals surface area contributed by atoms with Gasteiger partial charge in [-0.1, -0.05) is 49.2 Å². The van der Waals surface area contributed by atoms with Crippen molar-refractivity contribution < 1.29 is 14.8 Å². The molecule has 2 N–H and O–H groups in total. The summed E-state index contributed by atoms with van der Waals surface area (Å²) in [5.41, 5.74) is 5.39. The van der Waals surface area contributed by atoms with Crippen LogP contribution in [-0.2, 0) is 17.8 Å². The summed E-state index contributed by atoms with van der Waals surface area (Å²) < 4.78 is 0. The Morgan fingerprint density at radius 2 is 1.79 bits per heavy atom. The van der Waals surface area contributed by atoms with Crippen LogP contribution in [0.15, 0.2) is 48.5 Å². The molecule has 2 aromatic carbocycles. The van der Waals surface area contributed by atoms with Crippen LogP contribution in [-0.4, -0.2) is 28.5 Å². The summed E-state index contributed by atoms with van der Waals surface area (Å²) in [6.07, 6.45) is 5.38. The molecule has 0 radical (unpaired) electrons. The molecule has 0 spiro atoms. The fourth-order valence-corrected chi connectivity index (χ4v) is 4.71. The van der Waals surface area contributed by atoms with Crippen LogP contribution in [0.4, 0.5) is 0 Å². The molecule has 1 aliphatic carbocycles. The molecular weight excluding hydrogens is 352 g/mol. The number of rotatable bonds is 4. The molecule has 2 amide bonds. The zero-order valence-corrected chi connectivity index (χ0v) is 15.9. The molecule has 28 heavy (non-hydrogen) atoms. The Morgan fingerprint density at radius 3 is 2.50 bits per heavy atom. The van der Waals surface area contributed by atoms with E-state index in [4.69, 9.17) is 5.21 Å². The SMILES string of the molecule is O=C(NO)c1ccc2c(c1)CCN(C(=O)C(c1ccccc1)C1CCCC1)C2. The molecule has 1 aliphatic heterocycles. The molecule has 1 atom stereocenters. The third-order valence-corrected chi connectivity index (χ3v) is 6.19. The van der Waals surface area contributed by atoms with Crippen molar-refractivity contribution in [2.45, 2.75) is 44.6 Å². The molecule has 5 heteroatoms. The van der Waals surface area contributed by atoms with Gasteiger partial charge in [0.15, 0.2) is 0 Å². The Hall–Kier alpha value is -2.66. The van der Waals surface area contributed by atoms with Gasteiger partial charge in [0.05, 0.1) is 5.92 Å². The average Bonchev–Trinajstić information content (AvgIpc) is 3.27. The number of hydrogen-bond acceptors (Lipinski definition) is 3. The van der Waals surface area contributed by atoms with Gasteiger partial charge in [-0.15, -0.1) is 0 Å². The standard InChI is InChI=1S/C23H26N2O3/c26-22(24-28)19-10-11-20-15-25(13-12-18(20)14-19)23(27)21(17-8-4-5-9-17)16-6-2-1-3-7-16/h1-3,6-7,10-11,14,17,21,28H,4-5,8-9,12-13,15H2,(H,24,26). The Labute approximate surface area is 165 Å². The van der Waals surface area contributed by atoms with E-state index in [2.05, 4.69) is 12.1 Å². The smallest absolute Gasteiger partial charge is 0.274 e. The van der Waals surface area contributed by atoms with Crippen LogP contribution in [0.5, 0.6) is 0 Å². The van der Waals surface area contributed by atoms with Gasteiger partial charge >= 0.3 is 0 Å². The summed E-state index contributed by atoms with van der Waals surface area (Å²) in [5, 5.41) is 8.83. The van der Waals surface area contributed by atoms with Gasteiger partial charge < -0.3 is 4.90 Å². The normalized spacial score (nSPS) is 17.8.